The lowest BCUT2D eigenvalue weighted by molar-refractivity contribution is 0.0593. The van der Waals surface area contributed by atoms with E-state index in [0.29, 0.717) is 17.9 Å². The Morgan fingerprint density at radius 2 is 1.62 bits per heavy atom. The first kappa shape index (κ1) is 27.1. The minimum atomic E-state index is -4.30. The van der Waals surface area contributed by atoms with Crippen molar-refractivity contribution >= 4 is 27.8 Å². The Morgan fingerprint density at radius 1 is 0.865 bits per heavy atom. The average molecular weight is 528 g/mol. The normalized spacial score (nSPS) is 10.8. The van der Waals surface area contributed by atoms with Gasteiger partial charge in [0, 0.05) is 18.3 Å². The molecule has 0 aliphatic heterocycles. The van der Waals surface area contributed by atoms with Crippen LogP contribution in [0.5, 0.6) is 11.5 Å². The number of pyridine rings is 1. The zero-order valence-corrected chi connectivity index (χ0v) is 21.1. The molecule has 0 saturated heterocycles. The third kappa shape index (κ3) is 6.82. The third-order valence-electron chi connectivity index (χ3n) is 5.20. The molecule has 0 aliphatic carbocycles. The largest absolute Gasteiger partial charge is 0.493 e. The Morgan fingerprint density at radius 3 is 2.27 bits per heavy atom. The Hall–Kier alpha value is -4.45. The summed E-state index contributed by atoms with van der Waals surface area (Å²) < 4.78 is 42.4. The molecule has 194 valence electrons. The zero-order chi connectivity index (χ0) is 27.0. The molecule has 2 aromatic carbocycles. The molecule has 11 nitrogen and oxygen atoms in total. The van der Waals surface area contributed by atoms with E-state index in [4.69, 9.17) is 9.47 Å². The maximum absolute atomic E-state index is 12.7. The van der Waals surface area contributed by atoms with Gasteiger partial charge in [0.05, 0.1) is 31.8 Å². The smallest absolute Gasteiger partial charge is 0.356 e. The molecule has 37 heavy (non-hydrogen) atoms. The van der Waals surface area contributed by atoms with Crippen molar-refractivity contribution in [3.8, 4) is 11.5 Å². The van der Waals surface area contributed by atoms with E-state index in [1.165, 1.54) is 50.6 Å². The topological polar surface area (TPSA) is 150 Å². The van der Waals surface area contributed by atoms with E-state index in [1.54, 1.807) is 19.2 Å². The molecule has 0 fully saturated rings. The van der Waals surface area contributed by atoms with Crippen molar-refractivity contribution in [2.45, 2.75) is 11.3 Å². The van der Waals surface area contributed by atoms with E-state index in [-0.39, 0.29) is 28.3 Å². The lowest BCUT2D eigenvalue weighted by atomic mass is 10.1. The number of hydrogen-bond acceptors (Lipinski definition) is 9. The summed E-state index contributed by atoms with van der Waals surface area (Å²) in [5.41, 5.74) is 0.893. The van der Waals surface area contributed by atoms with Gasteiger partial charge in [-0.2, -0.15) is 0 Å². The molecule has 12 heteroatoms. The minimum Gasteiger partial charge on any atom is -0.493 e. The number of benzene rings is 2. The number of amides is 2. The van der Waals surface area contributed by atoms with Crippen LogP contribution in [0.2, 0.25) is 0 Å². The summed E-state index contributed by atoms with van der Waals surface area (Å²) in [6.45, 7) is 0.288. The highest BCUT2D eigenvalue weighted by Crippen LogP contribution is 2.27. The number of rotatable bonds is 10. The van der Waals surface area contributed by atoms with Crippen LogP contribution in [0.3, 0.4) is 0 Å². The molecular weight excluding hydrogens is 502 g/mol. The molecule has 1 heterocycles. The average Bonchev–Trinajstić information content (AvgIpc) is 2.92. The van der Waals surface area contributed by atoms with E-state index in [9.17, 15) is 22.8 Å². The van der Waals surface area contributed by atoms with Crippen LogP contribution in [0, 0.1) is 0 Å². The van der Waals surface area contributed by atoms with Crippen LogP contribution >= 0.6 is 0 Å². The maximum atomic E-state index is 12.7. The van der Waals surface area contributed by atoms with Crippen LogP contribution in [-0.2, 0) is 21.2 Å². The van der Waals surface area contributed by atoms with Gasteiger partial charge in [0.15, 0.2) is 11.5 Å². The number of hydrogen-bond donors (Lipinski definition) is 2. The molecule has 0 atom stereocenters. The van der Waals surface area contributed by atoms with E-state index in [0.717, 1.165) is 11.8 Å². The third-order valence-corrected chi connectivity index (χ3v) is 6.53. The van der Waals surface area contributed by atoms with Crippen LogP contribution < -0.4 is 19.5 Å². The van der Waals surface area contributed by atoms with Gasteiger partial charge < -0.3 is 19.5 Å². The fourth-order valence-electron chi connectivity index (χ4n) is 3.26. The predicted octanol–water partition coefficient (Wildman–Crippen LogP) is 1.98. The zero-order valence-electron chi connectivity index (χ0n) is 20.3. The highest BCUT2D eigenvalue weighted by molar-refractivity contribution is 7.90. The molecule has 3 aromatic rings. The Kier molecular flexibility index (Phi) is 8.80. The fourth-order valence-corrected chi connectivity index (χ4v) is 4.28. The standard InChI is InChI=1S/C25H25N3O8S/c1-34-21-10-7-16(13-22(21)35-2)11-12-26-23(29)17-5-4-6-19(14-17)37(32,33)28-24(30)18-8-9-20(27-15-18)25(31)36-3/h4-10,13-15H,11-12H2,1-3H3,(H,26,29)(H,28,30). The molecule has 2 amide bonds. The number of esters is 1. The van der Waals surface area contributed by atoms with Gasteiger partial charge in [-0.25, -0.2) is 22.9 Å². The van der Waals surface area contributed by atoms with Gasteiger partial charge >= 0.3 is 5.97 Å². The molecular formula is C25H25N3O8S. The Bertz CT molecular complexity index is 1410. The second-order valence-electron chi connectivity index (χ2n) is 7.58. The number of nitrogens with one attached hydrogen (secondary N) is 2. The summed E-state index contributed by atoms with van der Waals surface area (Å²) in [6.07, 6.45) is 1.56. The van der Waals surface area contributed by atoms with Crippen molar-refractivity contribution in [1.29, 1.82) is 0 Å². The van der Waals surface area contributed by atoms with Gasteiger partial charge in [-0.3, -0.25) is 9.59 Å². The number of carbonyl (C=O) groups excluding carboxylic acids is 3. The molecule has 0 radical (unpaired) electrons. The van der Waals surface area contributed by atoms with Crippen molar-refractivity contribution in [3.05, 3.63) is 83.2 Å². The van der Waals surface area contributed by atoms with Gasteiger partial charge in [-0.05, 0) is 54.4 Å². The number of nitrogens with zero attached hydrogens (tertiary/aromatic N) is 1. The first-order valence-corrected chi connectivity index (χ1v) is 12.4. The summed E-state index contributed by atoms with van der Waals surface area (Å²) in [5, 5.41) is 2.74. The number of sulfonamides is 1. The monoisotopic (exact) mass is 527 g/mol. The van der Waals surface area contributed by atoms with Crippen molar-refractivity contribution in [1.82, 2.24) is 15.0 Å². The molecule has 1 aromatic heterocycles. The Labute approximate surface area is 213 Å². The van der Waals surface area contributed by atoms with Gasteiger partial charge in [-0.15, -0.1) is 0 Å². The first-order valence-electron chi connectivity index (χ1n) is 10.9. The van der Waals surface area contributed by atoms with Gasteiger partial charge in [-0.1, -0.05) is 12.1 Å². The summed E-state index contributed by atoms with van der Waals surface area (Å²) >= 11 is 0. The molecule has 0 unspecified atom stereocenters. The van der Waals surface area contributed by atoms with Gasteiger partial charge in [0.2, 0.25) is 0 Å². The Balaban J connectivity index is 1.64. The summed E-state index contributed by atoms with van der Waals surface area (Å²) in [5.74, 6) is -0.963. The number of ether oxygens (including phenoxy) is 3. The van der Waals surface area contributed by atoms with E-state index in [2.05, 4.69) is 15.0 Å². The predicted molar refractivity (Wildman–Crippen MR) is 132 cm³/mol. The van der Waals surface area contributed by atoms with Crippen LogP contribution in [-0.4, -0.2) is 59.1 Å². The summed E-state index contributed by atoms with van der Waals surface area (Å²) in [6, 6.07) is 13.2. The van der Waals surface area contributed by atoms with Crippen molar-refractivity contribution in [2.24, 2.45) is 0 Å². The lowest BCUT2D eigenvalue weighted by Crippen LogP contribution is -2.31. The van der Waals surface area contributed by atoms with E-state index in [1.807, 2.05) is 10.8 Å². The summed E-state index contributed by atoms with van der Waals surface area (Å²) in [4.78, 5) is 40.0. The van der Waals surface area contributed by atoms with E-state index >= 15 is 0 Å². The van der Waals surface area contributed by atoms with Crippen LogP contribution in [0.4, 0.5) is 0 Å². The first-order chi connectivity index (χ1) is 17.7. The molecule has 0 saturated carbocycles. The van der Waals surface area contributed by atoms with Crippen molar-refractivity contribution in [3.63, 3.8) is 0 Å². The SMILES string of the molecule is COC(=O)c1ccc(C(=O)NS(=O)(=O)c2cccc(C(=O)NCCc3ccc(OC)c(OC)c3)c2)cn1. The summed E-state index contributed by atoms with van der Waals surface area (Å²) in [7, 11) is -0.0405. The second-order valence-corrected chi connectivity index (χ2v) is 9.26. The maximum Gasteiger partial charge on any atom is 0.356 e. The van der Waals surface area contributed by atoms with Gasteiger partial charge in [0.1, 0.15) is 5.69 Å². The number of carbonyl (C=O) groups is 3. The lowest BCUT2D eigenvalue weighted by Gasteiger charge is -2.11. The van der Waals surface area contributed by atoms with Crippen molar-refractivity contribution in [2.75, 3.05) is 27.9 Å². The quantitative estimate of drug-likeness (QED) is 0.377. The highest BCUT2D eigenvalue weighted by Gasteiger charge is 2.21. The van der Waals surface area contributed by atoms with E-state index < -0.39 is 27.8 Å². The van der Waals surface area contributed by atoms with Crippen LogP contribution in [0.25, 0.3) is 0 Å². The molecule has 0 spiro atoms. The molecule has 0 aliphatic rings. The number of methoxy groups -OCH3 is 3. The fraction of sp³-hybridized carbons (Fsp3) is 0.200. The minimum absolute atomic E-state index is 0.0354. The van der Waals surface area contributed by atoms with Crippen LogP contribution in [0.1, 0.15) is 36.8 Å². The molecule has 2 N–H and O–H groups in total. The van der Waals surface area contributed by atoms with Crippen molar-refractivity contribution < 1.29 is 37.0 Å². The number of aromatic nitrogens is 1. The van der Waals surface area contributed by atoms with Gasteiger partial charge in [0.25, 0.3) is 21.8 Å². The van der Waals surface area contributed by atoms with Crippen LogP contribution in [0.15, 0.2) is 65.7 Å². The second kappa shape index (κ2) is 12.0. The highest BCUT2D eigenvalue weighted by atomic mass is 32.2. The molecule has 3 rings (SSSR count). The molecule has 0 bridgehead atoms.